The standard InChI is InChI=1S/C18H24Cl3N5S/c1-3-25(4-2)10-6-9-22-18(27)23-17-16(21)12-26(24-17)11-13-14(19)7-5-8-15(13)20/h5,7-8,12H,3-4,6,9-11H2,1-2H3,(H2,22,23,24,27). The molecule has 0 aliphatic carbocycles. The van der Waals surface area contributed by atoms with Crippen LogP contribution < -0.4 is 10.6 Å². The van der Waals surface area contributed by atoms with Crippen LogP contribution in [0.2, 0.25) is 15.1 Å². The van der Waals surface area contributed by atoms with E-state index in [0.717, 1.165) is 38.2 Å². The molecule has 0 spiro atoms. The summed E-state index contributed by atoms with van der Waals surface area (Å²) in [7, 11) is 0. The Morgan fingerprint density at radius 3 is 2.44 bits per heavy atom. The van der Waals surface area contributed by atoms with E-state index in [0.29, 0.717) is 32.5 Å². The van der Waals surface area contributed by atoms with Gasteiger partial charge in [0.05, 0.1) is 6.54 Å². The summed E-state index contributed by atoms with van der Waals surface area (Å²) in [6.07, 6.45) is 2.73. The van der Waals surface area contributed by atoms with Gasteiger partial charge in [0, 0.05) is 28.4 Å². The number of aromatic nitrogens is 2. The second kappa shape index (κ2) is 11.1. The highest BCUT2D eigenvalue weighted by molar-refractivity contribution is 7.80. The minimum Gasteiger partial charge on any atom is -0.362 e. The lowest BCUT2D eigenvalue weighted by molar-refractivity contribution is 0.300. The first-order valence-electron chi connectivity index (χ1n) is 8.87. The first-order valence-corrected chi connectivity index (χ1v) is 10.4. The van der Waals surface area contributed by atoms with E-state index in [9.17, 15) is 0 Å². The molecule has 0 aliphatic rings. The van der Waals surface area contributed by atoms with Crippen LogP contribution in [-0.4, -0.2) is 46.0 Å². The van der Waals surface area contributed by atoms with Gasteiger partial charge in [-0.3, -0.25) is 4.68 Å². The van der Waals surface area contributed by atoms with Crippen molar-refractivity contribution >= 4 is 58.0 Å². The number of halogens is 3. The highest BCUT2D eigenvalue weighted by Crippen LogP contribution is 2.26. The van der Waals surface area contributed by atoms with Gasteiger partial charge < -0.3 is 15.5 Å². The summed E-state index contributed by atoms with van der Waals surface area (Å²) in [6, 6.07) is 5.40. The van der Waals surface area contributed by atoms with Crippen LogP contribution >= 0.6 is 47.0 Å². The molecule has 0 aliphatic heterocycles. The maximum atomic E-state index is 6.27. The zero-order valence-electron chi connectivity index (χ0n) is 15.4. The third-order valence-corrected chi connectivity index (χ3v) is 5.39. The second-order valence-corrected chi connectivity index (χ2v) is 7.61. The number of thiocarbonyl (C=S) groups is 1. The molecule has 1 aromatic carbocycles. The Morgan fingerprint density at radius 1 is 1.15 bits per heavy atom. The molecule has 0 amide bonds. The van der Waals surface area contributed by atoms with Crippen molar-refractivity contribution in [3.63, 3.8) is 0 Å². The van der Waals surface area contributed by atoms with Crippen LogP contribution in [0.4, 0.5) is 5.82 Å². The first-order chi connectivity index (χ1) is 12.9. The van der Waals surface area contributed by atoms with Gasteiger partial charge in [0.25, 0.3) is 0 Å². The average Bonchev–Trinajstić information content (AvgIpc) is 2.97. The average molecular weight is 449 g/mol. The van der Waals surface area contributed by atoms with E-state index < -0.39 is 0 Å². The molecule has 5 nitrogen and oxygen atoms in total. The normalized spacial score (nSPS) is 11.0. The van der Waals surface area contributed by atoms with E-state index in [1.165, 1.54) is 0 Å². The zero-order valence-corrected chi connectivity index (χ0v) is 18.5. The Bertz CT molecular complexity index is 741. The minimum atomic E-state index is 0.421. The summed E-state index contributed by atoms with van der Waals surface area (Å²) in [5, 5.41) is 12.8. The lowest BCUT2D eigenvalue weighted by Gasteiger charge is -2.18. The Kier molecular flexibility index (Phi) is 9.12. The maximum absolute atomic E-state index is 6.27. The van der Waals surface area contributed by atoms with Crippen molar-refractivity contribution in [3.8, 4) is 0 Å². The van der Waals surface area contributed by atoms with Crippen molar-refractivity contribution in [2.45, 2.75) is 26.8 Å². The third kappa shape index (κ3) is 6.80. The summed E-state index contributed by atoms with van der Waals surface area (Å²) in [6.45, 7) is 8.69. The highest BCUT2D eigenvalue weighted by atomic mass is 35.5. The van der Waals surface area contributed by atoms with E-state index in [4.69, 9.17) is 47.0 Å². The number of hydrogen-bond donors (Lipinski definition) is 2. The number of nitrogens with one attached hydrogen (secondary N) is 2. The van der Waals surface area contributed by atoms with E-state index in [2.05, 4.69) is 34.5 Å². The number of benzene rings is 1. The molecule has 0 saturated heterocycles. The minimum absolute atomic E-state index is 0.421. The number of hydrogen-bond acceptors (Lipinski definition) is 3. The lowest BCUT2D eigenvalue weighted by atomic mass is 10.2. The first kappa shape index (κ1) is 22.2. The van der Waals surface area contributed by atoms with Gasteiger partial charge >= 0.3 is 0 Å². The van der Waals surface area contributed by atoms with Crippen molar-refractivity contribution in [3.05, 3.63) is 45.0 Å². The number of rotatable bonds is 9. The Labute approximate surface area is 181 Å². The van der Waals surface area contributed by atoms with E-state index in [-0.39, 0.29) is 0 Å². The molecular weight excluding hydrogens is 425 g/mol. The van der Waals surface area contributed by atoms with Crippen LogP contribution in [-0.2, 0) is 6.54 Å². The monoisotopic (exact) mass is 447 g/mol. The van der Waals surface area contributed by atoms with Crippen molar-refractivity contribution in [1.82, 2.24) is 20.0 Å². The second-order valence-electron chi connectivity index (χ2n) is 5.98. The van der Waals surface area contributed by atoms with Gasteiger partial charge in [0.15, 0.2) is 10.9 Å². The van der Waals surface area contributed by atoms with Gasteiger partial charge in [-0.2, -0.15) is 5.10 Å². The molecule has 0 fully saturated rings. The predicted molar refractivity (Wildman–Crippen MR) is 119 cm³/mol. The molecule has 0 atom stereocenters. The van der Waals surface area contributed by atoms with Gasteiger partial charge in [-0.15, -0.1) is 0 Å². The van der Waals surface area contributed by atoms with Gasteiger partial charge in [-0.25, -0.2) is 0 Å². The number of nitrogens with zero attached hydrogens (tertiary/aromatic N) is 3. The fourth-order valence-electron chi connectivity index (χ4n) is 2.60. The topological polar surface area (TPSA) is 45.1 Å². The fourth-order valence-corrected chi connectivity index (χ4v) is 3.52. The molecular formula is C18H24Cl3N5S. The molecule has 2 N–H and O–H groups in total. The molecule has 27 heavy (non-hydrogen) atoms. The molecule has 0 saturated carbocycles. The number of anilines is 1. The maximum Gasteiger partial charge on any atom is 0.173 e. The molecule has 2 aromatic rings. The van der Waals surface area contributed by atoms with Crippen molar-refractivity contribution in [2.75, 3.05) is 31.5 Å². The van der Waals surface area contributed by atoms with Gasteiger partial charge in [-0.05, 0) is 50.4 Å². The fraction of sp³-hybridized carbons (Fsp3) is 0.444. The van der Waals surface area contributed by atoms with Crippen molar-refractivity contribution in [2.24, 2.45) is 0 Å². The smallest absolute Gasteiger partial charge is 0.173 e. The van der Waals surface area contributed by atoms with E-state index in [1.54, 1.807) is 23.0 Å². The molecule has 0 unspecified atom stereocenters. The summed E-state index contributed by atoms with van der Waals surface area (Å²) in [5.74, 6) is 0.501. The van der Waals surface area contributed by atoms with Crippen molar-refractivity contribution < 1.29 is 0 Å². The Balaban J connectivity index is 1.88. The van der Waals surface area contributed by atoms with Crippen LogP contribution in [0.3, 0.4) is 0 Å². The Morgan fingerprint density at radius 2 is 1.81 bits per heavy atom. The molecule has 1 aromatic heterocycles. The summed E-state index contributed by atoms with van der Waals surface area (Å²) in [4.78, 5) is 2.37. The van der Waals surface area contributed by atoms with Crippen LogP contribution in [0.25, 0.3) is 0 Å². The van der Waals surface area contributed by atoms with Crippen LogP contribution in [0.1, 0.15) is 25.8 Å². The molecule has 9 heteroatoms. The predicted octanol–water partition coefficient (Wildman–Crippen LogP) is 4.91. The van der Waals surface area contributed by atoms with E-state index >= 15 is 0 Å². The molecule has 2 rings (SSSR count). The lowest BCUT2D eigenvalue weighted by Crippen LogP contribution is -2.32. The van der Waals surface area contributed by atoms with Crippen LogP contribution in [0.15, 0.2) is 24.4 Å². The van der Waals surface area contributed by atoms with Gasteiger partial charge in [0.1, 0.15) is 5.02 Å². The molecule has 0 radical (unpaired) electrons. The Hall–Kier alpha value is -1.05. The van der Waals surface area contributed by atoms with E-state index in [1.807, 2.05) is 6.07 Å². The molecule has 148 valence electrons. The summed E-state index contributed by atoms with van der Waals surface area (Å²) >= 11 is 24.0. The van der Waals surface area contributed by atoms with Crippen LogP contribution in [0, 0.1) is 0 Å². The third-order valence-electron chi connectivity index (χ3n) is 4.16. The van der Waals surface area contributed by atoms with Gasteiger partial charge in [-0.1, -0.05) is 54.7 Å². The highest BCUT2D eigenvalue weighted by Gasteiger charge is 2.12. The molecule has 0 bridgehead atoms. The summed E-state index contributed by atoms with van der Waals surface area (Å²) < 4.78 is 1.68. The SMILES string of the molecule is CCN(CC)CCCNC(=S)Nc1nn(Cc2c(Cl)cccc2Cl)cc1Cl. The quantitative estimate of drug-likeness (QED) is 0.421. The van der Waals surface area contributed by atoms with Crippen molar-refractivity contribution in [1.29, 1.82) is 0 Å². The summed E-state index contributed by atoms with van der Waals surface area (Å²) in [5.41, 5.74) is 0.795. The largest absolute Gasteiger partial charge is 0.362 e. The zero-order chi connectivity index (χ0) is 19.8. The van der Waals surface area contributed by atoms with Crippen LogP contribution in [0.5, 0.6) is 0 Å². The van der Waals surface area contributed by atoms with Gasteiger partial charge in [0.2, 0.25) is 0 Å². The molecule has 1 heterocycles.